The van der Waals surface area contributed by atoms with Crippen LogP contribution in [0.4, 0.5) is 0 Å². The predicted molar refractivity (Wildman–Crippen MR) is 97.8 cm³/mol. The van der Waals surface area contributed by atoms with E-state index >= 15 is 0 Å². The summed E-state index contributed by atoms with van der Waals surface area (Å²) in [5, 5.41) is 8.89. The van der Waals surface area contributed by atoms with Crippen LogP contribution >= 0.6 is 0 Å². The molecule has 0 spiro atoms. The standard InChI is InChI=1S/C20H26N2O5/c23-18-14-27-13-17(22(18)12-15-5-2-1-3-6-15)20(26)21-10-4-7-16(11-21)8-9-19(24)25/h1-3,5-6,16-17H,4,7-14H2,(H,24,25)/t16?,17-/m1/s1. The molecule has 1 aromatic carbocycles. The van der Waals surface area contributed by atoms with E-state index in [1.165, 1.54) is 0 Å². The summed E-state index contributed by atoms with van der Waals surface area (Å²) in [5.74, 6) is -0.887. The van der Waals surface area contributed by atoms with Crippen molar-refractivity contribution in [3.63, 3.8) is 0 Å². The van der Waals surface area contributed by atoms with Crippen LogP contribution in [-0.2, 0) is 25.7 Å². The molecule has 2 aliphatic rings. The van der Waals surface area contributed by atoms with E-state index in [2.05, 4.69) is 0 Å². The number of aliphatic carboxylic acids is 1. The first-order valence-electron chi connectivity index (χ1n) is 9.46. The molecule has 1 aromatic rings. The smallest absolute Gasteiger partial charge is 0.303 e. The summed E-state index contributed by atoms with van der Waals surface area (Å²) in [5.41, 5.74) is 0.975. The number of carbonyl (C=O) groups excluding carboxylic acids is 2. The van der Waals surface area contributed by atoms with Crippen molar-refractivity contribution in [1.82, 2.24) is 9.80 Å². The lowest BCUT2D eigenvalue weighted by atomic mass is 9.93. The third-order valence-electron chi connectivity index (χ3n) is 5.28. The van der Waals surface area contributed by atoms with Gasteiger partial charge >= 0.3 is 5.97 Å². The second-order valence-electron chi connectivity index (χ2n) is 7.26. The Morgan fingerprint density at radius 1 is 1.22 bits per heavy atom. The molecule has 7 nitrogen and oxygen atoms in total. The minimum Gasteiger partial charge on any atom is -0.481 e. The van der Waals surface area contributed by atoms with Crippen molar-refractivity contribution in [3.05, 3.63) is 35.9 Å². The van der Waals surface area contributed by atoms with Crippen LogP contribution in [0.25, 0.3) is 0 Å². The predicted octanol–water partition coefficient (Wildman–Crippen LogP) is 1.52. The van der Waals surface area contributed by atoms with Crippen LogP contribution in [0.2, 0.25) is 0 Å². The quantitative estimate of drug-likeness (QED) is 0.816. The van der Waals surface area contributed by atoms with Crippen LogP contribution in [0.5, 0.6) is 0 Å². The number of carboxylic acid groups (broad SMARTS) is 1. The molecular formula is C20H26N2O5. The second kappa shape index (κ2) is 8.99. The highest BCUT2D eigenvalue weighted by molar-refractivity contribution is 5.89. The van der Waals surface area contributed by atoms with E-state index in [-0.39, 0.29) is 37.4 Å². The van der Waals surface area contributed by atoms with Crippen molar-refractivity contribution in [2.75, 3.05) is 26.3 Å². The van der Waals surface area contributed by atoms with Gasteiger partial charge in [0.15, 0.2) is 0 Å². The number of hydrogen-bond donors (Lipinski definition) is 1. The zero-order valence-corrected chi connectivity index (χ0v) is 15.4. The van der Waals surface area contributed by atoms with E-state index in [0.29, 0.717) is 26.1 Å². The number of likely N-dealkylation sites (tertiary alicyclic amines) is 1. The normalized spacial score (nSPS) is 23.3. The number of benzene rings is 1. The van der Waals surface area contributed by atoms with Gasteiger partial charge in [0.2, 0.25) is 11.8 Å². The maximum Gasteiger partial charge on any atom is 0.303 e. The molecule has 0 radical (unpaired) electrons. The molecule has 0 aromatic heterocycles. The van der Waals surface area contributed by atoms with Crippen LogP contribution in [0.15, 0.2) is 30.3 Å². The zero-order valence-electron chi connectivity index (χ0n) is 15.4. The fourth-order valence-electron chi connectivity index (χ4n) is 3.83. The van der Waals surface area contributed by atoms with Crippen LogP contribution < -0.4 is 0 Å². The summed E-state index contributed by atoms with van der Waals surface area (Å²) >= 11 is 0. The van der Waals surface area contributed by atoms with Crippen molar-refractivity contribution < 1.29 is 24.2 Å². The lowest BCUT2D eigenvalue weighted by molar-refractivity contribution is -0.160. The Bertz CT molecular complexity index is 678. The highest BCUT2D eigenvalue weighted by atomic mass is 16.5. The first-order valence-corrected chi connectivity index (χ1v) is 9.46. The number of carbonyl (C=O) groups is 3. The fraction of sp³-hybridized carbons (Fsp3) is 0.550. The molecule has 2 amide bonds. The third kappa shape index (κ3) is 5.07. The maximum absolute atomic E-state index is 13.1. The Morgan fingerprint density at radius 3 is 2.74 bits per heavy atom. The molecule has 7 heteroatoms. The number of carboxylic acids is 1. The molecule has 2 heterocycles. The van der Waals surface area contributed by atoms with Crippen molar-refractivity contribution >= 4 is 17.8 Å². The van der Waals surface area contributed by atoms with Gasteiger partial charge < -0.3 is 19.6 Å². The Labute approximate surface area is 158 Å². The van der Waals surface area contributed by atoms with Gasteiger partial charge in [-0.3, -0.25) is 14.4 Å². The van der Waals surface area contributed by atoms with Crippen molar-refractivity contribution in [2.24, 2.45) is 5.92 Å². The molecule has 1 unspecified atom stereocenters. The van der Waals surface area contributed by atoms with Crippen LogP contribution in [0, 0.1) is 5.92 Å². The summed E-state index contributed by atoms with van der Waals surface area (Å²) in [7, 11) is 0. The molecule has 2 aliphatic heterocycles. The van der Waals surface area contributed by atoms with Crippen molar-refractivity contribution in [1.29, 1.82) is 0 Å². The molecule has 0 bridgehead atoms. The Hall–Kier alpha value is -2.41. The largest absolute Gasteiger partial charge is 0.481 e. The molecule has 2 fully saturated rings. The number of ether oxygens (including phenoxy) is 1. The van der Waals surface area contributed by atoms with Crippen LogP contribution in [0.1, 0.15) is 31.2 Å². The van der Waals surface area contributed by atoms with Crippen molar-refractivity contribution in [2.45, 2.75) is 38.3 Å². The minimum atomic E-state index is -0.807. The molecule has 1 N–H and O–H groups in total. The van der Waals surface area contributed by atoms with Gasteiger partial charge in [0, 0.05) is 26.1 Å². The lowest BCUT2D eigenvalue weighted by Crippen LogP contribution is -2.58. The number of amides is 2. The van der Waals surface area contributed by atoms with E-state index in [0.717, 1.165) is 18.4 Å². The Balaban J connectivity index is 1.67. The van der Waals surface area contributed by atoms with Gasteiger partial charge in [-0.05, 0) is 30.7 Å². The first kappa shape index (κ1) is 19.4. The van der Waals surface area contributed by atoms with Crippen LogP contribution in [-0.4, -0.2) is 65.0 Å². The topological polar surface area (TPSA) is 87.1 Å². The molecule has 146 valence electrons. The van der Waals surface area contributed by atoms with Crippen molar-refractivity contribution in [3.8, 4) is 0 Å². The lowest BCUT2D eigenvalue weighted by Gasteiger charge is -2.40. The number of nitrogens with zero attached hydrogens (tertiary/aromatic N) is 2. The molecule has 2 atom stereocenters. The van der Waals surface area contributed by atoms with Gasteiger partial charge in [-0.15, -0.1) is 0 Å². The molecule has 0 aliphatic carbocycles. The number of hydrogen-bond acceptors (Lipinski definition) is 4. The van der Waals surface area contributed by atoms with Crippen LogP contribution in [0.3, 0.4) is 0 Å². The summed E-state index contributed by atoms with van der Waals surface area (Å²) in [6.45, 7) is 1.78. The van der Waals surface area contributed by atoms with Gasteiger partial charge in [0.1, 0.15) is 12.6 Å². The second-order valence-corrected chi connectivity index (χ2v) is 7.26. The van der Waals surface area contributed by atoms with E-state index < -0.39 is 12.0 Å². The summed E-state index contributed by atoms with van der Waals surface area (Å²) in [6.07, 6.45) is 2.49. The van der Waals surface area contributed by atoms with Gasteiger partial charge in [-0.25, -0.2) is 0 Å². The van der Waals surface area contributed by atoms with E-state index in [1.54, 1.807) is 9.80 Å². The van der Waals surface area contributed by atoms with E-state index in [4.69, 9.17) is 9.84 Å². The number of piperidine rings is 1. The maximum atomic E-state index is 13.1. The molecule has 2 saturated heterocycles. The monoisotopic (exact) mass is 374 g/mol. The average Bonchev–Trinajstić information content (AvgIpc) is 2.68. The summed E-state index contributed by atoms with van der Waals surface area (Å²) in [6, 6.07) is 8.99. The highest BCUT2D eigenvalue weighted by Gasteiger charge is 2.37. The van der Waals surface area contributed by atoms with E-state index in [1.807, 2.05) is 30.3 Å². The summed E-state index contributed by atoms with van der Waals surface area (Å²) in [4.78, 5) is 39.7. The van der Waals surface area contributed by atoms with Gasteiger partial charge in [-0.2, -0.15) is 0 Å². The number of morpholine rings is 1. The molecule has 0 saturated carbocycles. The highest BCUT2D eigenvalue weighted by Crippen LogP contribution is 2.23. The Morgan fingerprint density at radius 2 is 2.00 bits per heavy atom. The third-order valence-corrected chi connectivity index (χ3v) is 5.28. The Kier molecular flexibility index (Phi) is 6.45. The molecule has 3 rings (SSSR count). The molecule has 27 heavy (non-hydrogen) atoms. The van der Waals surface area contributed by atoms with Gasteiger partial charge in [0.05, 0.1) is 6.61 Å². The van der Waals surface area contributed by atoms with Gasteiger partial charge in [-0.1, -0.05) is 30.3 Å². The molecular weight excluding hydrogens is 348 g/mol. The number of rotatable bonds is 6. The SMILES string of the molecule is O=C(O)CCC1CCCN(C(=O)[C@H]2COCC(=O)N2Cc2ccccc2)C1. The van der Waals surface area contributed by atoms with Gasteiger partial charge in [0.25, 0.3) is 0 Å². The fourth-order valence-corrected chi connectivity index (χ4v) is 3.83. The average molecular weight is 374 g/mol. The summed E-state index contributed by atoms with van der Waals surface area (Å²) < 4.78 is 5.36. The first-order chi connectivity index (χ1) is 13.0. The zero-order chi connectivity index (χ0) is 19.2. The minimum absolute atomic E-state index is 0.00213. The van der Waals surface area contributed by atoms with E-state index in [9.17, 15) is 14.4 Å².